The zero-order valence-corrected chi connectivity index (χ0v) is 12.7. The van der Waals surface area contributed by atoms with Gasteiger partial charge >= 0.3 is 0 Å². The minimum Gasteiger partial charge on any atom is -0.486 e. The average Bonchev–Trinajstić information content (AvgIpc) is 2.33. The summed E-state index contributed by atoms with van der Waals surface area (Å²) < 4.78 is 11.4. The number of halogens is 2. The Morgan fingerprint density at radius 2 is 2.28 bits per heavy atom. The number of para-hydroxylation sites is 1. The molecule has 0 heterocycles. The van der Waals surface area contributed by atoms with E-state index in [4.69, 9.17) is 21.1 Å². The standard InChI is InChI=1S/C13H17BrClNO2/c1-10(14)9-18-13-11(4-3-5-12(13)15)8-16-6-7-17-2/h3-5,16H,1,6-9H2,2H3. The van der Waals surface area contributed by atoms with E-state index in [1.54, 1.807) is 7.11 Å². The Bertz CT molecular complexity index is 399. The van der Waals surface area contributed by atoms with Crippen LogP contribution in [0, 0.1) is 0 Å². The summed E-state index contributed by atoms with van der Waals surface area (Å²) in [6, 6.07) is 5.70. The Balaban J connectivity index is 2.64. The van der Waals surface area contributed by atoms with Crippen LogP contribution in [0.4, 0.5) is 0 Å². The molecular formula is C13H17BrClNO2. The van der Waals surface area contributed by atoms with Gasteiger partial charge in [0.15, 0.2) is 0 Å². The largest absolute Gasteiger partial charge is 0.486 e. The van der Waals surface area contributed by atoms with Crippen molar-refractivity contribution < 1.29 is 9.47 Å². The zero-order chi connectivity index (χ0) is 13.4. The lowest BCUT2D eigenvalue weighted by atomic mass is 10.2. The maximum Gasteiger partial charge on any atom is 0.142 e. The third kappa shape index (κ3) is 5.40. The number of hydrogen-bond donors (Lipinski definition) is 1. The van der Waals surface area contributed by atoms with E-state index >= 15 is 0 Å². The molecule has 0 aliphatic rings. The fourth-order valence-electron chi connectivity index (χ4n) is 1.40. The van der Waals surface area contributed by atoms with Crippen molar-refractivity contribution in [2.45, 2.75) is 6.54 Å². The Hall–Kier alpha value is -0.550. The molecule has 1 aromatic carbocycles. The summed E-state index contributed by atoms with van der Waals surface area (Å²) in [7, 11) is 1.68. The lowest BCUT2D eigenvalue weighted by molar-refractivity contribution is 0.199. The number of nitrogens with one attached hydrogen (secondary N) is 1. The minimum atomic E-state index is 0.398. The first-order valence-corrected chi connectivity index (χ1v) is 6.75. The van der Waals surface area contributed by atoms with Crippen LogP contribution in [0.15, 0.2) is 29.3 Å². The SMILES string of the molecule is C=C(Br)COc1c(Cl)cccc1CNCCOC. The molecule has 0 spiro atoms. The van der Waals surface area contributed by atoms with Crippen molar-refractivity contribution in [3.63, 3.8) is 0 Å². The molecule has 0 unspecified atom stereocenters. The predicted molar refractivity (Wildman–Crippen MR) is 78.6 cm³/mol. The summed E-state index contributed by atoms with van der Waals surface area (Å²) in [5.74, 6) is 0.699. The zero-order valence-electron chi connectivity index (χ0n) is 10.3. The molecule has 0 saturated heterocycles. The molecule has 1 N–H and O–H groups in total. The second kappa shape index (κ2) is 8.53. The molecule has 0 amide bonds. The number of ether oxygens (including phenoxy) is 2. The van der Waals surface area contributed by atoms with Crippen LogP contribution in [-0.4, -0.2) is 26.9 Å². The highest BCUT2D eigenvalue weighted by atomic mass is 79.9. The molecule has 5 heteroatoms. The fraction of sp³-hybridized carbons (Fsp3) is 0.385. The van der Waals surface area contributed by atoms with Gasteiger partial charge in [0.2, 0.25) is 0 Å². The Labute approximate surface area is 121 Å². The molecule has 0 bridgehead atoms. The van der Waals surface area contributed by atoms with Gasteiger partial charge in [0.25, 0.3) is 0 Å². The van der Waals surface area contributed by atoms with Crippen LogP contribution >= 0.6 is 27.5 Å². The van der Waals surface area contributed by atoms with Gasteiger partial charge in [-0.3, -0.25) is 0 Å². The molecular weight excluding hydrogens is 318 g/mol. The van der Waals surface area contributed by atoms with Crippen molar-refractivity contribution in [1.82, 2.24) is 5.32 Å². The normalized spacial score (nSPS) is 10.4. The topological polar surface area (TPSA) is 30.5 Å². The van der Waals surface area contributed by atoms with Crippen molar-refractivity contribution in [3.05, 3.63) is 39.8 Å². The molecule has 1 aromatic rings. The molecule has 0 aliphatic carbocycles. The molecule has 1 rings (SSSR count). The van der Waals surface area contributed by atoms with Gasteiger partial charge in [-0.1, -0.05) is 46.2 Å². The van der Waals surface area contributed by atoms with Crippen LogP contribution in [0.3, 0.4) is 0 Å². The van der Waals surface area contributed by atoms with Crippen molar-refractivity contribution in [2.24, 2.45) is 0 Å². The molecule has 0 aliphatic heterocycles. The summed E-state index contributed by atoms with van der Waals surface area (Å²) in [5.41, 5.74) is 1.02. The van der Waals surface area contributed by atoms with Crippen LogP contribution in [0.2, 0.25) is 5.02 Å². The Kier molecular flexibility index (Phi) is 7.35. The van der Waals surface area contributed by atoms with Gasteiger partial charge in [-0.05, 0) is 6.07 Å². The van der Waals surface area contributed by atoms with Crippen LogP contribution in [-0.2, 0) is 11.3 Å². The van der Waals surface area contributed by atoms with Crippen LogP contribution in [0.1, 0.15) is 5.56 Å². The quantitative estimate of drug-likeness (QED) is 0.740. The van der Waals surface area contributed by atoms with Crippen molar-refractivity contribution in [3.8, 4) is 5.75 Å². The third-order valence-electron chi connectivity index (χ3n) is 2.22. The van der Waals surface area contributed by atoms with Gasteiger partial charge in [0, 0.05) is 30.2 Å². The smallest absolute Gasteiger partial charge is 0.142 e. The minimum absolute atomic E-state index is 0.398. The highest BCUT2D eigenvalue weighted by Crippen LogP contribution is 2.29. The van der Waals surface area contributed by atoms with E-state index in [-0.39, 0.29) is 0 Å². The monoisotopic (exact) mass is 333 g/mol. The highest BCUT2D eigenvalue weighted by molar-refractivity contribution is 9.11. The Morgan fingerprint density at radius 3 is 2.94 bits per heavy atom. The summed E-state index contributed by atoms with van der Waals surface area (Å²) in [6.07, 6.45) is 0. The molecule has 0 radical (unpaired) electrons. The van der Waals surface area contributed by atoms with Gasteiger partial charge in [0.1, 0.15) is 12.4 Å². The summed E-state index contributed by atoms with van der Waals surface area (Å²) in [5, 5.41) is 3.87. The summed E-state index contributed by atoms with van der Waals surface area (Å²) in [4.78, 5) is 0. The maximum absolute atomic E-state index is 6.13. The second-order valence-corrected chi connectivity index (χ2v) is 5.23. The molecule has 0 fully saturated rings. The molecule has 18 heavy (non-hydrogen) atoms. The highest BCUT2D eigenvalue weighted by Gasteiger charge is 2.08. The number of benzene rings is 1. The predicted octanol–water partition coefficient (Wildman–Crippen LogP) is 3.36. The van der Waals surface area contributed by atoms with Crippen molar-refractivity contribution in [1.29, 1.82) is 0 Å². The second-order valence-electron chi connectivity index (χ2n) is 3.70. The van der Waals surface area contributed by atoms with Gasteiger partial charge in [-0.2, -0.15) is 0 Å². The van der Waals surface area contributed by atoms with E-state index in [0.717, 1.165) is 16.6 Å². The molecule has 100 valence electrons. The van der Waals surface area contributed by atoms with E-state index < -0.39 is 0 Å². The van der Waals surface area contributed by atoms with Crippen molar-refractivity contribution >= 4 is 27.5 Å². The van der Waals surface area contributed by atoms with Crippen LogP contribution in [0.5, 0.6) is 5.75 Å². The van der Waals surface area contributed by atoms with Gasteiger partial charge in [0.05, 0.1) is 11.6 Å². The maximum atomic E-state index is 6.13. The first-order chi connectivity index (χ1) is 8.65. The fourth-order valence-corrected chi connectivity index (χ4v) is 1.77. The first kappa shape index (κ1) is 15.5. The summed E-state index contributed by atoms with van der Waals surface area (Å²) in [6.45, 7) is 6.28. The summed E-state index contributed by atoms with van der Waals surface area (Å²) >= 11 is 9.39. The van der Waals surface area contributed by atoms with Gasteiger partial charge < -0.3 is 14.8 Å². The van der Waals surface area contributed by atoms with Gasteiger partial charge in [-0.25, -0.2) is 0 Å². The first-order valence-electron chi connectivity index (χ1n) is 5.58. The lowest BCUT2D eigenvalue weighted by Crippen LogP contribution is -2.19. The van der Waals surface area contributed by atoms with E-state index in [2.05, 4.69) is 27.8 Å². The average molecular weight is 335 g/mol. The van der Waals surface area contributed by atoms with E-state index in [1.165, 1.54) is 0 Å². The molecule has 0 atom stereocenters. The van der Waals surface area contributed by atoms with Crippen LogP contribution in [0.25, 0.3) is 0 Å². The van der Waals surface area contributed by atoms with E-state index in [9.17, 15) is 0 Å². The molecule has 0 aromatic heterocycles. The van der Waals surface area contributed by atoms with Crippen LogP contribution < -0.4 is 10.1 Å². The number of hydrogen-bond acceptors (Lipinski definition) is 3. The van der Waals surface area contributed by atoms with E-state index in [1.807, 2.05) is 18.2 Å². The number of methoxy groups -OCH3 is 1. The van der Waals surface area contributed by atoms with Gasteiger partial charge in [-0.15, -0.1) is 0 Å². The molecule has 3 nitrogen and oxygen atoms in total. The number of rotatable bonds is 8. The molecule has 0 saturated carbocycles. The van der Waals surface area contributed by atoms with Crippen molar-refractivity contribution in [2.75, 3.05) is 26.9 Å². The third-order valence-corrected chi connectivity index (χ3v) is 2.75. The Morgan fingerprint density at radius 1 is 1.50 bits per heavy atom. The van der Waals surface area contributed by atoms with E-state index in [0.29, 0.717) is 30.5 Å². The lowest BCUT2D eigenvalue weighted by Gasteiger charge is -2.13.